The van der Waals surface area contributed by atoms with Gasteiger partial charge in [-0.3, -0.25) is 0 Å². The summed E-state index contributed by atoms with van der Waals surface area (Å²) in [6, 6.07) is 12.5. The highest BCUT2D eigenvalue weighted by Gasteiger charge is 2.30. The monoisotopic (exact) mass is 389 g/mol. The topological polar surface area (TPSA) is 41.5 Å². The van der Waals surface area contributed by atoms with E-state index in [4.69, 9.17) is 4.74 Å². The summed E-state index contributed by atoms with van der Waals surface area (Å²) >= 11 is 0. The summed E-state index contributed by atoms with van der Waals surface area (Å²) in [4.78, 5) is 0. The van der Waals surface area contributed by atoms with Crippen LogP contribution >= 0.6 is 12.4 Å². The van der Waals surface area contributed by atoms with Crippen LogP contribution in [0.4, 0.5) is 13.2 Å². The number of methoxy groups -OCH3 is 1. The van der Waals surface area contributed by atoms with Crippen LogP contribution in [-0.2, 0) is 12.6 Å². The van der Waals surface area contributed by atoms with Crippen molar-refractivity contribution in [1.29, 1.82) is 0 Å². The summed E-state index contributed by atoms with van der Waals surface area (Å²) in [5.41, 5.74) is 0.601. The number of rotatable bonds is 7. The fraction of sp³-hybridized carbons (Fsp3) is 0.368. The zero-order chi connectivity index (χ0) is 18.4. The van der Waals surface area contributed by atoms with Gasteiger partial charge in [0, 0.05) is 12.6 Å². The highest BCUT2D eigenvalue weighted by atomic mass is 35.5. The maximum Gasteiger partial charge on any atom is 0.416 e. The van der Waals surface area contributed by atoms with Gasteiger partial charge in [0.05, 0.1) is 18.8 Å². The van der Waals surface area contributed by atoms with Gasteiger partial charge in [-0.2, -0.15) is 13.2 Å². The van der Waals surface area contributed by atoms with E-state index in [2.05, 4.69) is 5.32 Å². The van der Waals surface area contributed by atoms with Crippen LogP contribution < -0.4 is 10.1 Å². The molecular formula is C19H23ClF3NO2. The van der Waals surface area contributed by atoms with Gasteiger partial charge in [0.2, 0.25) is 0 Å². The lowest BCUT2D eigenvalue weighted by atomic mass is 10.0. The average Bonchev–Trinajstić information content (AvgIpc) is 2.59. The molecule has 0 fully saturated rings. The van der Waals surface area contributed by atoms with Crippen LogP contribution in [0.5, 0.6) is 5.75 Å². The Labute approximate surface area is 157 Å². The summed E-state index contributed by atoms with van der Waals surface area (Å²) in [5, 5.41) is 13.3. The first kappa shape index (κ1) is 22.3. The van der Waals surface area contributed by atoms with Gasteiger partial charge in [0.1, 0.15) is 5.75 Å². The lowest BCUT2D eigenvalue weighted by molar-refractivity contribution is -0.137. The molecular weight excluding hydrogens is 367 g/mol. The number of aliphatic hydroxyl groups excluding tert-OH is 1. The predicted molar refractivity (Wildman–Crippen MR) is 97.8 cm³/mol. The first-order valence-corrected chi connectivity index (χ1v) is 8.01. The van der Waals surface area contributed by atoms with E-state index in [1.54, 1.807) is 7.11 Å². The first-order valence-electron chi connectivity index (χ1n) is 8.01. The maximum atomic E-state index is 12.7. The SMILES string of the molecule is COc1ccc(C[C@@H](C)NC[C@H](O)c2cccc(C(F)(F)F)c2)cc1.Cl. The van der Waals surface area contributed by atoms with E-state index >= 15 is 0 Å². The smallest absolute Gasteiger partial charge is 0.416 e. The molecule has 2 rings (SSSR count). The van der Waals surface area contributed by atoms with Crippen LogP contribution in [-0.4, -0.2) is 24.8 Å². The molecule has 3 nitrogen and oxygen atoms in total. The van der Waals surface area contributed by atoms with Crippen LogP contribution in [0, 0.1) is 0 Å². The molecule has 0 heterocycles. The highest BCUT2D eigenvalue weighted by molar-refractivity contribution is 5.85. The van der Waals surface area contributed by atoms with Gasteiger partial charge in [-0.15, -0.1) is 12.4 Å². The summed E-state index contributed by atoms with van der Waals surface area (Å²) in [5.74, 6) is 0.782. The van der Waals surface area contributed by atoms with E-state index in [-0.39, 0.29) is 30.6 Å². The maximum absolute atomic E-state index is 12.7. The Kier molecular flexibility index (Phi) is 8.40. The zero-order valence-corrected chi connectivity index (χ0v) is 15.4. The van der Waals surface area contributed by atoms with Gasteiger partial charge < -0.3 is 15.2 Å². The molecule has 144 valence electrons. The Bertz CT molecular complexity index is 677. The van der Waals surface area contributed by atoms with Gasteiger partial charge in [-0.05, 0) is 48.7 Å². The Hall–Kier alpha value is -1.76. The molecule has 0 radical (unpaired) electrons. The van der Waals surface area contributed by atoms with Crippen molar-refractivity contribution in [2.45, 2.75) is 31.7 Å². The van der Waals surface area contributed by atoms with Crippen molar-refractivity contribution in [3.8, 4) is 5.75 Å². The first-order chi connectivity index (χ1) is 11.8. The number of benzene rings is 2. The minimum absolute atomic E-state index is 0. The molecule has 0 aliphatic heterocycles. The molecule has 2 aromatic carbocycles. The molecule has 0 saturated heterocycles. The summed E-state index contributed by atoms with van der Waals surface area (Å²) in [6.45, 7) is 2.14. The van der Waals surface area contributed by atoms with Crippen molar-refractivity contribution in [1.82, 2.24) is 5.32 Å². The molecule has 0 bridgehead atoms. The lowest BCUT2D eigenvalue weighted by Gasteiger charge is -2.18. The van der Waals surface area contributed by atoms with Crippen molar-refractivity contribution in [3.63, 3.8) is 0 Å². The second-order valence-electron chi connectivity index (χ2n) is 6.00. The molecule has 0 spiro atoms. The molecule has 2 aromatic rings. The molecule has 26 heavy (non-hydrogen) atoms. The normalized spacial score (nSPS) is 13.6. The fourth-order valence-electron chi connectivity index (χ4n) is 2.54. The number of alkyl halides is 3. The third kappa shape index (κ3) is 6.52. The predicted octanol–water partition coefficient (Wildman–Crippen LogP) is 4.39. The van der Waals surface area contributed by atoms with Crippen LogP contribution in [0.15, 0.2) is 48.5 Å². The standard InChI is InChI=1S/C19H22F3NO2.ClH/c1-13(10-14-6-8-17(25-2)9-7-14)23-12-18(24)15-4-3-5-16(11-15)19(20,21)22;/h3-9,11,13,18,23-24H,10,12H2,1-2H3;1H/t13-,18+;/m1./s1. The Morgan fingerprint density at radius 2 is 1.77 bits per heavy atom. The highest BCUT2D eigenvalue weighted by Crippen LogP contribution is 2.30. The number of hydrogen-bond donors (Lipinski definition) is 2. The second-order valence-corrected chi connectivity index (χ2v) is 6.00. The molecule has 7 heteroatoms. The number of aliphatic hydroxyl groups is 1. The van der Waals surface area contributed by atoms with Crippen LogP contribution in [0.3, 0.4) is 0 Å². The Balaban J connectivity index is 0.00000338. The van der Waals surface area contributed by atoms with Gasteiger partial charge >= 0.3 is 6.18 Å². The molecule has 0 amide bonds. The Morgan fingerprint density at radius 3 is 2.35 bits per heavy atom. The lowest BCUT2D eigenvalue weighted by Crippen LogP contribution is -2.32. The van der Waals surface area contributed by atoms with E-state index in [0.29, 0.717) is 0 Å². The third-order valence-electron chi connectivity index (χ3n) is 3.96. The molecule has 0 aromatic heterocycles. The van der Waals surface area contributed by atoms with Crippen LogP contribution in [0.2, 0.25) is 0 Å². The van der Waals surface area contributed by atoms with Gasteiger partial charge in [-0.1, -0.05) is 24.3 Å². The van der Waals surface area contributed by atoms with E-state index in [1.807, 2.05) is 31.2 Å². The number of hydrogen-bond acceptors (Lipinski definition) is 3. The van der Waals surface area contributed by atoms with Crippen molar-refractivity contribution in [2.75, 3.05) is 13.7 Å². The molecule has 0 saturated carbocycles. The van der Waals surface area contributed by atoms with E-state index in [9.17, 15) is 18.3 Å². The number of ether oxygens (including phenoxy) is 1. The van der Waals surface area contributed by atoms with Crippen molar-refractivity contribution in [3.05, 3.63) is 65.2 Å². The number of nitrogens with one attached hydrogen (secondary N) is 1. The van der Waals surface area contributed by atoms with Crippen molar-refractivity contribution in [2.24, 2.45) is 0 Å². The largest absolute Gasteiger partial charge is 0.497 e. The van der Waals surface area contributed by atoms with Gasteiger partial charge in [0.15, 0.2) is 0 Å². The van der Waals surface area contributed by atoms with Crippen molar-refractivity contribution < 1.29 is 23.0 Å². The zero-order valence-electron chi connectivity index (χ0n) is 14.6. The number of halogens is 4. The summed E-state index contributed by atoms with van der Waals surface area (Å²) < 4.78 is 43.3. The van der Waals surface area contributed by atoms with Crippen LogP contribution in [0.25, 0.3) is 0 Å². The van der Waals surface area contributed by atoms with E-state index in [1.165, 1.54) is 12.1 Å². The summed E-state index contributed by atoms with van der Waals surface area (Å²) in [7, 11) is 1.61. The molecule has 2 atom stereocenters. The van der Waals surface area contributed by atoms with Crippen molar-refractivity contribution >= 4 is 12.4 Å². The average molecular weight is 390 g/mol. The molecule has 0 aliphatic carbocycles. The third-order valence-corrected chi connectivity index (χ3v) is 3.96. The minimum atomic E-state index is -4.41. The Morgan fingerprint density at radius 1 is 1.12 bits per heavy atom. The van der Waals surface area contributed by atoms with E-state index < -0.39 is 17.8 Å². The fourth-order valence-corrected chi connectivity index (χ4v) is 2.54. The molecule has 0 unspecified atom stereocenters. The summed E-state index contributed by atoms with van der Waals surface area (Å²) in [6.07, 6.45) is -4.68. The minimum Gasteiger partial charge on any atom is -0.497 e. The second kappa shape index (κ2) is 9.80. The molecule has 0 aliphatic rings. The molecule has 2 N–H and O–H groups in total. The van der Waals surface area contributed by atoms with Gasteiger partial charge in [-0.25, -0.2) is 0 Å². The quantitative estimate of drug-likeness (QED) is 0.738. The van der Waals surface area contributed by atoms with Crippen LogP contribution in [0.1, 0.15) is 29.7 Å². The van der Waals surface area contributed by atoms with E-state index in [0.717, 1.165) is 29.9 Å². The van der Waals surface area contributed by atoms with Gasteiger partial charge in [0.25, 0.3) is 0 Å².